The van der Waals surface area contributed by atoms with Crippen molar-refractivity contribution in [1.29, 1.82) is 0 Å². The number of halogens is 1. The Bertz CT molecular complexity index is 198. The van der Waals surface area contributed by atoms with Crippen molar-refractivity contribution in [2.75, 3.05) is 20.3 Å². The summed E-state index contributed by atoms with van der Waals surface area (Å²) >= 11 is 0. The smallest absolute Gasteiger partial charge is 0.308 e. The summed E-state index contributed by atoms with van der Waals surface area (Å²) in [5.41, 5.74) is 0. The van der Waals surface area contributed by atoms with Crippen molar-refractivity contribution in [3.8, 4) is 0 Å². The zero-order valence-corrected chi connectivity index (χ0v) is 9.01. The normalized spacial score (nSPS) is 35.6. The number of ether oxygens (including phenoxy) is 2. The Balaban J connectivity index is 0.000000980. The number of carbonyl (C=O) groups is 1. The quantitative estimate of drug-likeness (QED) is 0.650. The fourth-order valence-electron chi connectivity index (χ4n) is 2.21. The summed E-state index contributed by atoms with van der Waals surface area (Å²) in [6.07, 6.45) is 1.89. The van der Waals surface area contributed by atoms with Crippen molar-refractivity contribution in [2.24, 2.45) is 5.92 Å². The van der Waals surface area contributed by atoms with Crippen LogP contribution in [0.5, 0.6) is 0 Å². The molecular weight excluding hydrogens is 206 g/mol. The first-order valence-electron chi connectivity index (χ1n) is 4.74. The van der Waals surface area contributed by atoms with Crippen LogP contribution in [0.2, 0.25) is 0 Å². The molecule has 1 heterocycles. The molecule has 1 N–H and O–H groups in total. The zero-order chi connectivity index (χ0) is 9.26. The summed E-state index contributed by atoms with van der Waals surface area (Å²) in [5.74, 6) is -0.0644. The molecule has 0 radical (unpaired) electrons. The molecular formula is C9H16ClNO3. The third-order valence-corrected chi connectivity index (χ3v) is 2.88. The van der Waals surface area contributed by atoms with Gasteiger partial charge in [0.2, 0.25) is 0 Å². The third kappa shape index (κ3) is 2.19. The predicted molar refractivity (Wildman–Crippen MR) is 53.5 cm³/mol. The lowest BCUT2D eigenvalue weighted by Crippen LogP contribution is -2.44. The summed E-state index contributed by atoms with van der Waals surface area (Å²) in [6.45, 7) is 1.66. The number of rotatable bonds is 1. The van der Waals surface area contributed by atoms with Crippen LogP contribution in [0.1, 0.15) is 12.8 Å². The standard InChI is InChI=1S/C9H15NO3.ClH/c1-12-9(11)6-4-7-8(5-6)13-3-2-10-7;/h6-8,10H,2-5H2,1H3;1H/t6?,7-,8+;/m0./s1. The highest BCUT2D eigenvalue weighted by molar-refractivity contribution is 5.85. The molecule has 1 aliphatic heterocycles. The Morgan fingerprint density at radius 2 is 2.29 bits per heavy atom. The van der Waals surface area contributed by atoms with Gasteiger partial charge in [-0.1, -0.05) is 0 Å². The maximum atomic E-state index is 11.3. The van der Waals surface area contributed by atoms with E-state index in [4.69, 9.17) is 9.47 Å². The molecule has 0 spiro atoms. The molecule has 0 aromatic rings. The topological polar surface area (TPSA) is 47.6 Å². The number of hydrogen-bond donors (Lipinski definition) is 1. The van der Waals surface area contributed by atoms with Crippen LogP contribution in [0.25, 0.3) is 0 Å². The van der Waals surface area contributed by atoms with Gasteiger partial charge in [-0.25, -0.2) is 0 Å². The molecule has 1 saturated heterocycles. The highest BCUT2D eigenvalue weighted by Gasteiger charge is 2.40. The minimum Gasteiger partial charge on any atom is -0.469 e. The highest BCUT2D eigenvalue weighted by atomic mass is 35.5. The minimum atomic E-state index is -0.0974. The number of esters is 1. The Kier molecular flexibility index (Phi) is 4.16. The maximum absolute atomic E-state index is 11.3. The summed E-state index contributed by atoms with van der Waals surface area (Å²) in [5, 5.41) is 3.36. The first-order valence-corrected chi connectivity index (χ1v) is 4.74. The summed E-state index contributed by atoms with van der Waals surface area (Å²) in [4.78, 5) is 11.3. The maximum Gasteiger partial charge on any atom is 0.308 e. The van der Waals surface area contributed by atoms with Gasteiger partial charge in [-0.3, -0.25) is 4.79 Å². The number of hydrogen-bond acceptors (Lipinski definition) is 4. The van der Waals surface area contributed by atoms with E-state index in [1.807, 2.05) is 0 Å². The molecule has 0 aromatic heterocycles. The second-order valence-corrected chi connectivity index (χ2v) is 3.66. The highest BCUT2D eigenvalue weighted by Crippen LogP contribution is 2.30. The third-order valence-electron chi connectivity index (χ3n) is 2.88. The SMILES string of the molecule is COC(=O)C1C[C@@H]2NCCO[C@@H]2C1.Cl. The summed E-state index contributed by atoms with van der Waals surface area (Å²) in [7, 11) is 1.44. The number of carbonyl (C=O) groups excluding carboxylic acids is 1. The lowest BCUT2D eigenvalue weighted by molar-refractivity contribution is -0.145. The fourth-order valence-corrected chi connectivity index (χ4v) is 2.21. The van der Waals surface area contributed by atoms with E-state index < -0.39 is 0 Å². The van der Waals surface area contributed by atoms with Gasteiger partial charge < -0.3 is 14.8 Å². The van der Waals surface area contributed by atoms with Crippen molar-refractivity contribution in [3.63, 3.8) is 0 Å². The Morgan fingerprint density at radius 1 is 1.50 bits per heavy atom. The predicted octanol–water partition coefficient (Wildman–Crippen LogP) is 0.348. The molecule has 1 aliphatic carbocycles. The van der Waals surface area contributed by atoms with Crippen LogP contribution in [0.15, 0.2) is 0 Å². The van der Waals surface area contributed by atoms with Gasteiger partial charge in [-0.05, 0) is 12.8 Å². The molecule has 0 amide bonds. The van der Waals surface area contributed by atoms with Crippen LogP contribution in [0.3, 0.4) is 0 Å². The minimum absolute atomic E-state index is 0. The van der Waals surface area contributed by atoms with E-state index in [0.717, 1.165) is 26.0 Å². The van der Waals surface area contributed by atoms with E-state index in [2.05, 4.69) is 5.32 Å². The molecule has 82 valence electrons. The molecule has 2 fully saturated rings. The number of fused-ring (bicyclic) bond motifs is 1. The Hall–Kier alpha value is -0.320. The van der Waals surface area contributed by atoms with Gasteiger partial charge in [0.15, 0.2) is 0 Å². The molecule has 3 atom stereocenters. The molecule has 0 bridgehead atoms. The van der Waals surface area contributed by atoms with Gasteiger partial charge in [-0.15, -0.1) is 12.4 Å². The Labute approximate surface area is 89.7 Å². The molecule has 14 heavy (non-hydrogen) atoms. The molecule has 4 nitrogen and oxygen atoms in total. The average molecular weight is 222 g/mol. The molecule has 2 aliphatic rings. The summed E-state index contributed by atoms with van der Waals surface area (Å²) < 4.78 is 10.3. The van der Waals surface area contributed by atoms with Gasteiger partial charge in [0.25, 0.3) is 0 Å². The molecule has 5 heteroatoms. The number of methoxy groups -OCH3 is 1. The fraction of sp³-hybridized carbons (Fsp3) is 0.889. The van der Waals surface area contributed by atoms with Crippen LogP contribution in [0, 0.1) is 5.92 Å². The molecule has 0 aromatic carbocycles. The lowest BCUT2D eigenvalue weighted by Gasteiger charge is -2.26. The van der Waals surface area contributed by atoms with Crippen molar-refractivity contribution >= 4 is 18.4 Å². The van der Waals surface area contributed by atoms with Crippen molar-refractivity contribution in [1.82, 2.24) is 5.32 Å². The second kappa shape index (κ2) is 4.96. The van der Waals surface area contributed by atoms with Crippen LogP contribution in [-0.2, 0) is 14.3 Å². The molecule has 1 unspecified atom stereocenters. The largest absolute Gasteiger partial charge is 0.469 e. The number of nitrogens with one attached hydrogen (secondary N) is 1. The van der Waals surface area contributed by atoms with Crippen LogP contribution < -0.4 is 5.32 Å². The van der Waals surface area contributed by atoms with Crippen LogP contribution in [-0.4, -0.2) is 38.4 Å². The monoisotopic (exact) mass is 221 g/mol. The van der Waals surface area contributed by atoms with Crippen molar-refractivity contribution in [2.45, 2.75) is 25.0 Å². The van der Waals surface area contributed by atoms with Gasteiger partial charge in [0.05, 0.1) is 25.7 Å². The van der Waals surface area contributed by atoms with E-state index in [-0.39, 0.29) is 30.4 Å². The van der Waals surface area contributed by atoms with Gasteiger partial charge in [-0.2, -0.15) is 0 Å². The molecule has 2 rings (SSSR count). The summed E-state index contributed by atoms with van der Waals surface area (Å²) in [6, 6.07) is 0.359. The van der Waals surface area contributed by atoms with E-state index in [0.29, 0.717) is 6.04 Å². The zero-order valence-electron chi connectivity index (χ0n) is 8.19. The van der Waals surface area contributed by atoms with Gasteiger partial charge >= 0.3 is 5.97 Å². The van der Waals surface area contributed by atoms with E-state index in [1.54, 1.807) is 0 Å². The first-order chi connectivity index (χ1) is 6.31. The Morgan fingerprint density at radius 3 is 2.93 bits per heavy atom. The lowest BCUT2D eigenvalue weighted by atomic mass is 10.1. The van der Waals surface area contributed by atoms with Gasteiger partial charge in [0, 0.05) is 12.6 Å². The van der Waals surface area contributed by atoms with Crippen LogP contribution in [0.4, 0.5) is 0 Å². The van der Waals surface area contributed by atoms with E-state index in [1.165, 1.54) is 7.11 Å². The van der Waals surface area contributed by atoms with E-state index in [9.17, 15) is 4.79 Å². The first kappa shape index (κ1) is 11.8. The second-order valence-electron chi connectivity index (χ2n) is 3.66. The van der Waals surface area contributed by atoms with Crippen molar-refractivity contribution < 1.29 is 14.3 Å². The van der Waals surface area contributed by atoms with Crippen molar-refractivity contribution in [3.05, 3.63) is 0 Å². The van der Waals surface area contributed by atoms with E-state index >= 15 is 0 Å². The number of morpholine rings is 1. The molecule has 1 saturated carbocycles. The van der Waals surface area contributed by atoms with Gasteiger partial charge in [0.1, 0.15) is 0 Å². The van der Waals surface area contributed by atoms with Crippen LogP contribution >= 0.6 is 12.4 Å². The average Bonchev–Trinajstić information content (AvgIpc) is 2.59.